The molecule has 8 saturated carbocycles. The van der Waals surface area contributed by atoms with Gasteiger partial charge in [-0.2, -0.15) is 30.0 Å². The van der Waals surface area contributed by atoms with Crippen LogP contribution >= 0.6 is 0 Å². The number of hydrogen-bond acceptors (Lipinski definition) is 10. The monoisotopic (exact) mass is 802 g/mol. The third-order valence-electron chi connectivity index (χ3n) is 17.3. The summed E-state index contributed by atoms with van der Waals surface area (Å²) >= 11 is 0. The first kappa shape index (κ1) is 37.5. The van der Waals surface area contributed by atoms with E-state index in [1.54, 1.807) is 0 Å². The lowest BCUT2D eigenvalue weighted by Crippen LogP contribution is -2.43. The van der Waals surface area contributed by atoms with Crippen LogP contribution in [0.4, 0.5) is 13.2 Å². The highest BCUT2D eigenvalue weighted by Crippen LogP contribution is 2.75. The third kappa shape index (κ3) is 4.78. The first-order chi connectivity index (χ1) is 25.2. The van der Waals surface area contributed by atoms with Crippen molar-refractivity contribution in [2.24, 2.45) is 118 Å². The molecule has 0 spiro atoms. The molecule has 17 heteroatoms. The van der Waals surface area contributed by atoms with E-state index in [0.717, 1.165) is 19.3 Å². The molecule has 20 atom stereocenters. The second-order valence-corrected chi connectivity index (χ2v) is 21.9. The summed E-state index contributed by atoms with van der Waals surface area (Å²) in [6.45, 7) is 11.0. The van der Waals surface area contributed by atoms with Gasteiger partial charge in [-0.05, 0) is 127 Å². The van der Waals surface area contributed by atoms with E-state index in [9.17, 15) is 49.2 Å². The topological polar surface area (TPSA) is 161 Å². The van der Waals surface area contributed by atoms with E-state index in [1.165, 1.54) is 6.42 Å². The van der Waals surface area contributed by atoms with Crippen molar-refractivity contribution in [2.45, 2.75) is 78.7 Å². The lowest BCUT2D eigenvalue weighted by molar-refractivity contribution is -0.170. The average Bonchev–Trinajstić information content (AvgIpc) is 3.96. The number of alkyl halides is 3. The summed E-state index contributed by atoms with van der Waals surface area (Å²) in [6, 6.07) is 0. The van der Waals surface area contributed by atoms with Crippen molar-refractivity contribution >= 4 is 43.9 Å². The maximum absolute atomic E-state index is 13.0. The van der Waals surface area contributed by atoms with Crippen molar-refractivity contribution in [3.05, 3.63) is 0 Å². The number of nitrogens with zero attached hydrogens (tertiary/aromatic N) is 2. The molecule has 8 aliphatic carbocycles. The van der Waals surface area contributed by atoms with Crippen LogP contribution in [0.1, 0.15) is 73.1 Å². The zero-order chi connectivity index (χ0) is 38.9. The lowest BCUT2D eigenvalue weighted by Gasteiger charge is -2.43. The molecule has 0 aromatic carbocycles. The molecule has 0 aromatic heterocycles. The van der Waals surface area contributed by atoms with Crippen molar-refractivity contribution in [3.8, 4) is 0 Å². The van der Waals surface area contributed by atoms with Crippen LogP contribution in [0.15, 0.2) is 0 Å². The Balaban J connectivity index is 0.000000142. The van der Waals surface area contributed by atoms with Crippen LogP contribution < -0.4 is 0 Å². The van der Waals surface area contributed by atoms with E-state index >= 15 is 0 Å². The summed E-state index contributed by atoms with van der Waals surface area (Å²) in [5.41, 5.74) is -5.69. The second kappa shape index (κ2) is 12.0. The van der Waals surface area contributed by atoms with Gasteiger partial charge < -0.3 is 0 Å². The predicted octanol–water partition coefficient (Wildman–Crippen LogP) is 4.63. The van der Waals surface area contributed by atoms with Crippen molar-refractivity contribution in [1.82, 2.24) is 10.1 Å². The molecule has 12 nitrogen and oxygen atoms in total. The first-order valence-electron chi connectivity index (χ1n) is 19.9. The third-order valence-corrected chi connectivity index (χ3v) is 19.4. The van der Waals surface area contributed by atoms with Gasteiger partial charge in [0.2, 0.25) is 0 Å². The quantitative estimate of drug-likeness (QED) is 0.202. The van der Waals surface area contributed by atoms with Crippen molar-refractivity contribution in [1.29, 1.82) is 0 Å². The minimum Gasteiger partial charge on any atom is -0.272 e. The second-order valence-electron chi connectivity index (χ2n) is 18.7. The van der Waals surface area contributed by atoms with E-state index < -0.39 is 61.2 Å². The number of unbranched alkanes of at least 4 members (excludes halogenated alkanes) is 1. The number of carbonyl (C=O) groups is 4. The molecule has 4 amide bonds. The lowest BCUT2D eigenvalue weighted by atomic mass is 9.60. The van der Waals surface area contributed by atoms with Crippen LogP contribution in [0, 0.1) is 118 Å². The summed E-state index contributed by atoms with van der Waals surface area (Å²) in [7, 11) is -9.95. The molecular formula is C37H49F3N2O10S2. The Bertz CT molecular complexity index is 1820. The fraction of sp³-hybridized carbons (Fsp3) is 0.892. The van der Waals surface area contributed by atoms with Gasteiger partial charge in [-0.15, -0.1) is 18.7 Å². The Morgan fingerprint density at radius 1 is 0.556 bits per heavy atom. The number of amides is 4. The molecular weight excluding hydrogens is 754 g/mol. The molecule has 300 valence electrons. The summed E-state index contributed by atoms with van der Waals surface area (Å²) in [5, 5.41) is 0.502. The summed E-state index contributed by atoms with van der Waals surface area (Å²) in [5.74, 6) is 1.74. The van der Waals surface area contributed by atoms with Gasteiger partial charge in [-0.1, -0.05) is 41.0 Å². The molecule has 10 rings (SSSR count). The molecule has 2 saturated heterocycles. The van der Waals surface area contributed by atoms with Gasteiger partial charge in [0, 0.05) is 0 Å². The van der Waals surface area contributed by atoms with E-state index in [0.29, 0.717) is 88.9 Å². The first-order valence-corrected chi connectivity index (χ1v) is 22.9. The fourth-order valence-electron chi connectivity index (χ4n) is 15.4. The zero-order valence-corrected chi connectivity index (χ0v) is 32.6. The molecule has 54 heavy (non-hydrogen) atoms. The Labute approximate surface area is 313 Å². The number of hydroxylamine groups is 4. The van der Waals surface area contributed by atoms with Gasteiger partial charge in [0.05, 0.1) is 29.4 Å². The number of carbonyl (C=O) groups excluding carboxylic acids is 4. The van der Waals surface area contributed by atoms with E-state index in [1.807, 2.05) is 6.92 Å². The van der Waals surface area contributed by atoms with Crippen LogP contribution in [0.2, 0.25) is 0 Å². The molecule has 8 bridgehead atoms. The van der Waals surface area contributed by atoms with Gasteiger partial charge in [-0.25, -0.2) is 0 Å². The van der Waals surface area contributed by atoms with Gasteiger partial charge in [0.25, 0.3) is 33.7 Å². The molecule has 2 heterocycles. The van der Waals surface area contributed by atoms with E-state index in [-0.39, 0.29) is 46.3 Å². The van der Waals surface area contributed by atoms with Gasteiger partial charge in [0.1, 0.15) is 0 Å². The molecule has 20 unspecified atom stereocenters. The Morgan fingerprint density at radius 3 is 1.15 bits per heavy atom. The molecule has 2 aliphatic heterocycles. The van der Waals surface area contributed by atoms with Crippen LogP contribution in [-0.4, -0.2) is 61.9 Å². The number of imide groups is 2. The molecule has 0 aromatic rings. The van der Waals surface area contributed by atoms with E-state index in [2.05, 4.69) is 32.0 Å². The number of rotatable bonds is 7. The van der Waals surface area contributed by atoms with E-state index in [4.69, 9.17) is 4.28 Å². The maximum Gasteiger partial charge on any atom is 0.525 e. The summed E-state index contributed by atoms with van der Waals surface area (Å²) in [4.78, 5) is 51.4. The molecule has 10 aliphatic rings. The van der Waals surface area contributed by atoms with Gasteiger partial charge in [-0.3, -0.25) is 19.2 Å². The van der Waals surface area contributed by atoms with Gasteiger partial charge >= 0.3 is 15.6 Å². The molecule has 10 fully saturated rings. The number of fused-ring (bicyclic) bond motifs is 24. The minimum absolute atomic E-state index is 0.0615. The standard InChI is InChI=1S/C20H29NO5S.C17H20F3NO5S/c1-4-5-6-27(24,25)26-21-19(22)17-13-8-14(18(17)20(21)23)16-12-7-11(15(13)16)9(2)10(12)3;1-5-6(2)8-3-7(5)11-9-4-10(12(8)11)14-13(9)15(22)21(16(14)23)26-27(24,25)17(18,19)20/h9-18H,4-8H2,1-3H3;5-14H,3-4H2,1-2H3. The Hall–Kier alpha value is -2.11. The highest BCUT2D eigenvalue weighted by Gasteiger charge is 2.75. The Morgan fingerprint density at radius 2 is 0.852 bits per heavy atom. The molecule has 0 N–H and O–H groups in total. The zero-order valence-electron chi connectivity index (χ0n) is 30.9. The van der Waals surface area contributed by atoms with Crippen LogP contribution in [-0.2, 0) is 48.0 Å². The normalized spacial score (nSPS) is 50.3. The van der Waals surface area contributed by atoms with Crippen molar-refractivity contribution in [3.63, 3.8) is 0 Å². The molecule has 0 radical (unpaired) electrons. The average molecular weight is 803 g/mol. The van der Waals surface area contributed by atoms with Crippen LogP contribution in [0.25, 0.3) is 0 Å². The number of halogens is 3. The van der Waals surface area contributed by atoms with Gasteiger partial charge in [0.15, 0.2) is 0 Å². The highest BCUT2D eigenvalue weighted by molar-refractivity contribution is 7.87. The van der Waals surface area contributed by atoms with Crippen molar-refractivity contribution in [2.75, 3.05) is 5.75 Å². The largest absolute Gasteiger partial charge is 0.525 e. The maximum atomic E-state index is 13.0. The Kier molecular flexibility index (Phi) is 8.30. The summed E-state index contributed by atoms with van der Waals surface area (Å²) in [6.07, 6.45) is 5.20. The predicted molar refractivity (Wildman–Crippen MR) is 181 cm³/mol. The smallest absolute Gasteiger partial charge is 0.272 e. The highest BCUT2D eigenvalue weighted by atomic mass is 32.2. The number of hydrogen-bond donors (Lipinski definition) is 0. The SMILES string of the molecule is CC1C(C)C2CC1C1C3CC(C4C(=O)N(OS(=O)(=O)C(F)(F)F)C(=O)C34)C21.CCCCS(=O)(=O)ON1C(=O)C2C3CC(C2C1=O)C1C2CC(C(C)C2C)C31. The minimum atomic E-state index is -6.05. The van der Waals surface area contributed by atoms with Crippen molar-refractivity contribution < 1.29 is 57.8 Å². The summed E-state index contributed by atoms with van der Waals surface area (Å²) < 4.78 is 93.8. The van der Waals surface area contributed by atoms with Crippen LogP contribution in [0.3, 0.4) is 0 Å². The van der Waals surface area contributed by atoms with Crippen LogP contribution in [0.5, 0.6) is 0 Å². The fourth-order valence-corrected chi connectivity index (χ4v) is 16.9.